The van der Waals surface area contributed by atoms with Crippen LogP contribution in [0.3, 0.4) is 0 Å². The van der Waals surface area contributed by atoms with E-state index in [-0.39, 0.29) is 30.3 Å². The van der Waals surface area contributed by atoms with Gasteiger partial charge in [0.2, 0.25) is 11.8 Å². The van der Waals surface area contributed by atoms with E-state index in [1.807, 2.05) is 45.0 Å². The van der Waals surface area contributed by atoms with E-state index in [0.717, 1.165) is 12.0 Å². The number of halogens is 1. The maximum Gasteiger partial charge on any atom is 0.239 e. The fraction of sp³-hybridized carbons (Fsp3) is 0.500. The first-order valence-electron chi connectivity index (χ1n) is 7.23. The minimum atomic E-state index is -0.179. The lowest BCUT2D eigenvalue weighted by Crippen LogP contribution is -2.42. The van der Waals surface area contributed by atoms with Crippen LogP contribution in [0.5, 0.6) is 0 Å². The van der Waals surface area contributed by atoms with Crippen LogP contribution in [0.2, 0.25) is 5.02 Å². The van der Waals surface area contributed by atoms with Crippen LogP contribution in [0, 0.1) is 5.92 Å². The molecule has 1 aromatic carbocycles. The van der Waals surface area contributed by atoms with Gasteiger partial charge in [0, 0.05) is 17.0 Å². The molecule has 0 aliphatic rings. The van der Waals surface area contributed by atoms with Gasteiger partial charge < -0.3 is 10.6 Å². The summed E-state index contributed by atoms with van der Waals surface area (Å²) >= 11 is 5.93. The Morgan fingerprint density at radius 2 is 2.00 bits per heavy atom. The lowest BCUT2D eigenvalue weighted by Gasteiger charge is -2.15. The molecule has 21 heavy (non-hydrogen) atoms. The quantitative estimate of drug-likeness (QED) is 0.813. The van der Waals surface area contributed by atoms with Gasteiger partial charge in [0.05, 0.1) is 6.54 Å². The highest BCUT2D eigenvalue weighted by Gasteiger charge is 2.13. The van der Waals surface area contributed by atoms with Crippen molar-refractivity contribution in [1.82, 2.24) is 10.6 Å². The average molecular weight is 311 g/mol. The van der Waals surface area contributed by atoms with Crippen LogP contribution in [0.1, 0.15) is 32.8 Å². The number of carbonyl (C=O) groups excluding carboxylic acids is 2. The van der Waals surface area contributed by atoms with E-state index < -0.39 is 0 Å². The zero-order valence-electron chi connectivity index (χ0n) is 12.8. The number of rotatable bonds is 7. The molecular weight excluding hydrogens is 288 g/mol. The Hall–Kier alpha value is -1.55. The summed E-state index contributed by atoms with van der Waals surface area (Å²) < 4.78 is 0. The van der Waals surface area contributed by atoms with E-state index in [9.17, 15) is 9.59 Å². The zero-order chi connectivity index (χ0) is 15.8. The van der Waals surface area contributed by atoms with Crippen molar-refractivity contribution in [3.8, 4) is 0 Å². The molecule has 2 amide bonds. The second kappa shape index (κ2) is 8.67. The molecule has 0 aromatic heterocycles. The lowest BCUT2D eigenvalue weighted by atomic mass is 10.1. The molecular formula is C16H23ClN2O2. The van der Waals surface area contributed by atoms with E-state index in [1.54, 1.807) is 0 Å². The summed E-state index contributed by atoms with van der Waals surface area (Å²) in [5.74, 6) is -0.335. The zero-order valence-corrected chi connectivity index (χ0v) is 13.5. The lowest BCUT2D eigenvalue weighted by molar-refractivity contribution is -0.128. The SMILES string of the molecule is CC[C@H](C)C(=O)NCC(=O)N[C@@H](C)Cc1cccc(Cl)c1. The van der Waals surface area contributed by atoms with Gasteiger partial charge in [-0.3, -0.25) is 9.59 Å². The summed E-state index contributed by atoms with van der Waals surface area (Å²) in [6, 6.07) is 7.54. The van der Waals surface area contributed by atoms with Crippen LogP contribution in [0.25, 0.3) is 0 Å². The van der Waals surface area contributed by atoms with Crippen molar-refractivity contribution < 1.29 is 9.59 Å². The van der Waals surface area contributed by atoms with Crippen LogP contribution in [-0.4, -0.2) is 24.4 Å². The van der Waals surface area contributed by atoms with Crippen molar-refractivity contribution in [2.45, 2.75) is 39.7 Å². The van der Waals surface area contributed by atoms with Gasteiger partial charge >= 0.3 is 0 Å². The Balaban J connectivity index is 2.35. The van der Waals surface area contributed by atoms with Gasteiger partial charge in [-0.1, -0.05) is 37.6 Å². The number of amides is 2. The molecule has 1 aromatic rings. The molecule has 1 rings (SSSR count). The highest BCUT2D eigenvalue weighted by molar-refractivity contribution is 6.30. The molecule has 0 saturated carbocycles. The molecule has 0 bridgehead atoms. The number of hydrogen-bond acceptors (Lipinski definition) is 2. The molecule has 0 radical (unpaired) electrons. The van der Waals surface area contributed by atoms with Crippen molar-refractivity contribution in [3.63, 3.8) is 0 Å². The monoisotopic (exact) mass is 310 g/mol. The largest absolute Gasteiger partial charge is 0.352 e. The van der Waals surface area contributed by atoms with Crippen molar-refractivity contribution in [3.05, 3.63) is 34.9 Å². The van der Waals surface area contributed by atoms with Gasteiger partial charge in [-0.15, -0.1) is 0 Å². The average Bonchev–Trinajstić information content (AvgIpc) is 2.43. The maximum absolute atomic E-state index is 11.8. The Kier molecular flexibility index (Phi) is 7.23. The number of nitrogens with one attached hydrogen (secondary N) is 2. The summed E-state index contributed by atoms with van der Waals surface area (Å²) in [4.78, 5) is 23.4. The molecule has 0 heterocycles. The van der Waals surface area contributed by atoms with E-state index in [2.05, 4.69) is 10.6 Å². The summed E-state index contributed by atoms with van der Waals surface area (Å²) in [5, 5.41) is 6.19. The van der Waals surface area contributed by atoms with E-state index >= 15 is 0 Å². The fourth-order valence-corrected chi connectivity index (χ4v) is 2.13. The van der Waals surface area contributed by atoms with Crippen LogP contribution in [0.4, 0.5) is 0 Å². The van der Waals surface area contributed by atoms with Gasteiger partial charge in [0.1, 0.15) is 0 Å². The van der Waals surface area contributed by atoms with E-state index in [4.69, 9.17) is 11.6 Å². The normalized spacial score (nSPS) is 13.3. The molecule has 2 N–H and O–H groups in total. The Labute approximate surface area is 131 Å². The number of benzene rings is 1. The first kappa shape index (κ1) is 17.5. The Morgan fingerprint density at radius 3 is 2.62 bits per heavy atom. The van der Waals surface area contributed by atoms with Crippen molar-refractivity contribution in [2.75, 3.05) is 6.54 Å². The van der Waals surface area contributed by atoms with Gasteiger partial charge in [-0.2, -0.15) is 0 Å². The third kappa shape index (κ3) is 6.63. The summed E-state index contributed by atoms with van der Waals surface area (Å²) in [5.41, 5.74) is 1.07. The molecule has 0 unspecified atom stereocenters. The summed E-state index contributed by atoms with van der Waals surface area (Å²) in [7, 11) is 0. The van der Waals surface area contributed by atoms with E-state index in [0.29, 0.717) is 11.4 Å². The molecule has 0 aliphatic carbocycles. The topological polar surface area (TPSA) is 58.2 Å². The molecule has 5 heteroatoms. The van der Waals surface area contributed by atoms with Crippen LogP contribution < -0.4 is 10.6 Å². The summed E-state index contributed by atoms with van der Waals surface area (Å²) in [6.45, 7) is 5.73. The molecule has 0 spiro atoms. The standard InChI is InChI=1S/C16H23ClN2O2/c1-4-11(2)16(21)18-10-15(20)19-12(3)8-13-6-5-7-14(17)9-13/h5-7,9,11-12H,4,8,10H2,1-3H3,(H,18,21)(H,19,20)/t11-,12-/m0/s1. The second-order valence-electron chi connectivity index (χ2n) is 5.33. The third-order valence-electron chi connectivity index (χ3n) is 3.32. The maximum atomic E-state index is 11.8. The minimum absolute atomic E-state index is 0.0169. The van der Waals surface area contributed by atoms with Crippen LogP contribution in [0.15, 0.2) is 24.3 Å². The predicted molar refractivity (Wildman–Crippen MR) is 85.2 cm³/mol. The molecule has 116 valence electrons. The second-order valence-corrected chi connectivity index (χ2v) is 5.77. The highest BCUT2D eigenvalue weighted by Crippen LogP contribution is 2.12. The number of hydrogen-bond donors (Lipinski definition) is 2. The molecule has 0 saturated heterocycles. The van der Waals surface area contributed by atoms with Crippen LogP contribution >= 0.6 is 11.6 Å². The van der Waals surface area contributed by atoms with Crippen molar-refractivity contribution in [1.29, 1.82) is 0 Å². The first-order chi connectivity index (χ1) is 9.92. The van der Waals surface area contributed by atoms with E-state index in [1.165, 1.54) is 0 Å². The molecule has 0 aliphatic heterocycles. The van der Waals surface area contributed by atoms with Gasteiger partial charge in [0.15, 0.2) is 0 Å². The van der Waals surface area contributed by atoms with Crippen molar-refractivity contribution in [2.24, 2.45) is 5.92 Å². The predicted octanol–water partition coefficient (Wildman–Crippen LogP) is 2.55. The van der Waals surface area contributed by atoms with Crippen molar-refractivity contribution >= 4 is 23.4 Å². The molecule has 2 atom stereocenters. The highest BCUT2D eigenvalue weighted by atomic mass is 35.5. The first-order valence-corrected chi connectivity index (χ1v) is 7.61. The van der Waals surface area contributed by atoms with Crippen LogP contribution in [-0.2, 0) is 16.0 Å². The Bertz CT molecular complexity index is 491. The minimum Gasteiger partial charge on any atom is -0.352 e. The Morgan fingerprint density at radius 1 is 1.29 bits per heavy atom. The van der Waals surface area contributed by atoms with Gasteiger partial charge in [-0.25, -0.2) is 0 Å². The summed E-state index contributed by atoms with van der Waals surface area (Å²) in [6.07, 6.45) is 1.46. The molecule has 0 fully saturated rings. The molecule has 4 nitrogen and oxygen atoms in total. The van der Waals surface area contributed by atoms with Gasteiger partial charge in [0.25, 0.3) is 0 Å². The number of carbonyl (C=O) groups is 2. The third-order valence-corrected chi connectivity index (χ3v) is 3.56. The fourth-order valence-electron chi connectivity index (χ4n) is 1.92. The smallest absolute Gasteiger partial charge is 0.239 e. The van der Waals surface area contributed by atoms with Gasteiger partial charge in [-0.05, 0) is 37.5 Å².